The first kappa shape index (κ1) is 20.0. The summed E-state index contributed by atoms with van der Waals surface area (Å²) in [6.07, 6.45) is 4.06. The van der Waals surface area contributed by atoms with Crippen molar-refractivity contribution in [1.29, 1.82) is 0 Å². The molecular weight excluding hydrogens is 382 g/mol. The van der Waals surface area contributed by atoms with E-state index in [2.05, 4.69) is 36.2 Å². The molecule has 0 N–H and O–H groups in total. The molecule has 5 nitrogen and oxygen atoms in total. The number of thioether (sulfide) groups is 1. The number of carbonyl (C=O) groups is 2. The molecule has 1 unspecified atom stereocenters. The minimum Gasteiger partial charge on any atom is -0.342 e. The molecule has 2 aromatic rings. The molecule has 2 aliphatic heterocycles. The zero-order valence-corrected chi connectivity index (χ0v) is 17.6. The molecule has 1 atom stereocenters. The highest BCUT2D eigenvalue weighted by Gasteiger charge is 2.37. The highest BCUT2D eigenvalue weighted by molar-refractivity contribution is 8.00. The first-order valence-corrected chi connectivity index (χ1v) is 11.2. The molecule has 29 heavy (non-hydrogen) atoms. The molecule has 0 spiro atoms. The van der Waals surface area contributed by atoms with Crippen molar-refractivity contribution >= 4 is 23.6 Å². The molecule has 2 fully saturated rings. The number of hydrogen-bond acceptors (Lipinski definition) is 4. The van der Waals surface area contributed by atoms with Gasteiger partial charge >= 0.3 is 0 Å². The quantitative estimate of drug-likeness (QED) is 0.758. The Morgan fingerprint density at radius 1 is 1.14 bits per heavy atom. The Kier molecular flexibility index (Phi) is 6.19. The Morgan fingerprint density at radius 2 is 1.90 bits per heavy atom. The van der Waals surface area contributed by atoms with Gasteiger partial charge in [-0.15, -0.1) is 11.8 Å². The fourth-order valence-electron chi connectivity index (χ4n) is 4.04. The number of carbonyl (C=O) groups excluding carboxylic acids is 2. The van der Waals surface area contributed by atoms with Crippen molar-refractivity contribution in [2.45, 2.75) is 42.9 Å². The van der Waals surface area contributed by atoms with Gasteiger partial charge in [0.1, 0.15) is 0 Å². The van der Waals surface area contributed by atoms with Crippen LogP contribution in [0, 0.1) is 12.8 Å². The maximum Gasteiger partial charge on any atom is 0.227 e. The molecule has 2 saturated heterocycles. The summed E-state index contributed by atoms with van der Waals surface area (Å²) in [7, 11) is 0. The number of aryl methyl sites for hydroxylation is 1. The second-order valence-corrected chi connectivity index (χ2v) is 9.33. The Bertz CT molecular complexity index is 848. The van der Waals surface area contributed by atoms with Crippen molar-refractivity contribution in [3.05, 3.63) is 59.9 Å². The standard InChI is InChI=1S/C23H27N3O2S/c1-17-5-7-20(8-6-17)29-21-9-12-25(13-10-21)23(28)18-14-22(27)26(15-18)16-19-4-2-3-11-24-19/h2-8,11,18,21H,9-10,12-16H2,1H3. The van der Waals surface area contributed by atoms with Crippen LogP contribution in [0.2, 0.25) is 0 Å². The van der Waals surface area contributed by atoms with Crippen molar-refractivity contribution < 1.29 is 9.59 Å². The monoisotopic (exact) mass is 409 g/mol. The Hall–Kier alpha value is -2.34. The fraction of sp³-hybridized carbons (Fsp3) is 0.435. The van der Waals surface area contributed by atoms with E-state index >= 15 is 0 Å². The molecule has 2 aliphatic rings. The Balaban J connectivity index is 1.27. The zero-order valence-electron chi connectivity index (χ0n) is 16.8. The van der Waals surface area contributed by atoms with E-state index in [0.717, 1.165) is 31.6 Å². The number of benzene rings is 1. The predicted octanol–water partition coefficient (Wildman–Crippen LogP) is 3.52. The third-order valence-electron chi connectivity index (χ3n) is 5.72. The number of amides is 2. The lowest BCUT2D eigenvalue weighted by Crippen LogP contribution is -2.43. The molecule has 152 valence electrons. The molecule has 0 bridgehead atoms. The van der Waals surface area contributed by atoms with Crippen LogP contribution < -0.4 is 0 Å². The highest BCUT2D eigenvalue weighted by Crippen LogP contribution is 2.31. The summed E-state index contributed by atoms with van der Waals surface area (Å²) >= 11 is 1.91. The molecule has 4 rings (SSSR count). The van der Waals surface area contributed by atoms with Gasteiger partial charge in [-0.05, 0) is 44.0 Å². The second kappa shape index (κ2) is 8.99. The largest absolute Gasteiger partial charge is 0.342 e. The van der Waals surface area contributed by atoms with E-state index in [1.54, 1.807) is 11.1 Å². The summed E-state index contributed by atoms with van der Waals surface area (Å²) in [6.45, 7) is 4.66. The maximum absolute atomic E-state index is 13.0. The summed E-state index contributed by atoms with van der Waals surface area (Å²) in [6, 6.07) is 14.4. The molecular formula is C23H27N3O2S. The van der Waals surface area contributed by atoms with Crippen LogP contribution in [0.3, 0.4) is 0 Å². The molecule has 2 amide bonds. The normalized spacial score (nSPS) is 20.3. The first-order valence-electron chi connectivity index (χ1n) is 10.3. The van der Waals surface area contributed by atoms with E-state index in [0.29, 0.717) is 24.8 Å². The molecule has 0 aliphatic carbocycles. The van der Waals surface area contributed by atoms with Crippen LogP contribution in [0.15, 0.2) is 53.6 Å². The number of pyridine rings is 1. The van der Waals surface area contributed by atoms with Gasteiger partial charge in [0.15, 0.2) is 0 Å². The summed E-state index contributed by atoms with van der Waals surface area (Å²) < 4.78 is 0. The average Bonchev–Trinajstić information content (AvgIpc) is 3.11. The van der Waals surface area contributed by atoms with Crippen molar-refractivity contribution in [2.75, 3.05) is 19.6 Å². The smallest absolute Gasteiger partial charge is 0.227 e. The lowest BCUT2D eigenvalue weighted by atomic mass is 10.0. The minimum atomic E-state index is -0.215. The van der Waals surface area contributed by atoms with Gasteiger partial charge in [0.2, 0.25) is 11.8 Å². The number of piperidine rings is 1. The van der Waals surface area contributed by atoms with Crippen molar-refractivity contribution in [2.24, 2.45) is 5.92 Å². The molecule has 1 aromatic heterocycles. The van der Waals surface area contributed by atoms with Crippen LogP contribution in [0.25, 0.3) is 0 Å². The summed E-state index contributed by atoms with van der Waals surface area (Å²) in [5, 5.41) is 0.549. The van der Waals surface area contributed by atoms with E-state index in [4.69, 9.17) is 0 Å². The van der Waals surface area contributed by atoms with E-state index in [9.17, 15) is 9.59 Å². The number of hydrogen-bond donors (Lipinski definition) is 0. The lowest BCUT2D eigenvalue weighted by Gasteiger charge is -2.33. The molecule has 6 heteroatoms. The molecule has 1 aromatic carbocycles. The fourth-order valence-corrected chi connectivity index (χ4v) is 5.16. The molecule has 0 saturated carbocycles. The van der Waals surface area contributed by atoms with Gasteiger partial charge in [-0.2, -0.15) is 0 Å². The van der Waals surface area contributed by atoms with Crippen molar-refractivity contribution in [3.63, 3.8) is 0 Å². The average molecular weight is 410 g/mol. The van der Waals surface area contributed by atoms with E-state index in [-0.39, 0.29) is 17.7 Å². The minimum absolute atomic E-state index is 0.0545. The number of rotatable bonds is 5. The Labute approximate surface area is 176 Å². The first-order chi connectivity index (χ1) is 14.1. The summed E-state index contributed by atoms with van der Waals surface area (Å²) in [5.41, 5.74) is 2.14. The number of nitrogens with zero attached hydrogens (tertiary/aromatic N) is 3. The Morgan fingerprint density at radius 3 is 2.59 bits per heavy atom. The molecule has 3 heterocycles. The van der Waals surface area contributed by atoms with Crippen LogP contribution in [-0.2, 0) is 16.1 Å². The van der Waals surface area contributed by atoms with Crippen molar-refractivity contribution in [1.82, 2.24) is 14.8 Å². The predicted molar refractivity (Wildman–Crippen MR) is 114 cm³/mol. The van der Waals surface area contributed by atoms with Crippen LogP contribution in [0.4, 0.5) is 0 Å². The van der Waals surface area contributed by atoms with Crippen LogP contribution in [0.5, 0.6) is 0 Å². The van der Waals surface area contributed by atoms with Crippen LogP contribution >= 0.6 is 11.8 Å². The van der Waals surface area contributed by atoms with E-state index in [1.807, 2.05) is 34.9 Å². The van der Waals surface area contributed by atoms with E-state index in [1.165, 1.54) is 10.5 Å². The van der Waals surface area contributed by atoms with Crippen LogP contribution in [0.1, 0.15) is 30.5 Å². The number of likely N-dealkylation sites (tertiary alicyclic amines) is 2. The topological polar surface area (TPSA) is 53.5 Å². The van der Waals surface area contributed by atoms with Gasteiger partial charge in [0.25, 0.3) is 0 Å². The molecule has 0 radical (unpaired) electrons. The summed E-state index contributed by atoms with van der Waals surface area (Å²) in [4.78, 5) is 34.7. The van der Waals surface area contributed by atoms with Gasteiger partial charge in [-0.1, -0.05) is 23.8 Å². The van der Waals surface area contributed by atoms with Gasteiger partial charge in [0.05, 0.1) is 18.2 Å². The lowest BCUT2D eigenvalue weighted by molar-refractivity contribution is -0.136. The second-order valence-electron chi connectivity index (χ2n) is 7.95. The summed E-state index contributed by atoms with van der Waals surface area (Å²) in [5.74, 6) is -0.0213. The third kappa shape index (κ3) is 4.99. The number of aromatic nitrogens is 1. The van der Waals surface area contributed by atoms with Crippen molar-refractivity contribution in [3.8, 4) is 0 Å². The van der Waals surface area contributed by atoms with Gasteiger partial charge in [0, 0.05) is 42.4 Å². The maximum atomic E-state index is 13.0. The highest BCUT2D eigenvalue weighted by atomic mass is 32.2. The van der Waals surface area contributed by atoms with Gasteiger partial charge < -0.3 is 9.80 Å². The van der Waals surface area contributed by atoms with Gasteiger partial charge in [-0.25, -0.2) is 0 Å². The zero-order chi connectivity index (χ0) is 20.2. The van der Waals surface area contributed by atoms with Gasteiger partial charge in [-0.3, -0.25) is 14.6 Å². The van der Waals surface area contributed by atoms with Crippen LogP contribution in [-0.4, -0.2) is 51.5 Å². The third-order valence-corrected chi connectivity index (χ3v) is 7.07. The van der Waals surface area contributed by atoms with E-state index < -0.39 is 0 Å². The SMILES string of the molecule is Cc1ccc(SC2CCN(C(=O)C3CC(=O)N(Cc4ccccn4)C3)CC2)cc1.